The second kappa shape index (κ2) is 5.95. The van der Waals surface area contributed by atoms with E-state index in [1.54, 1.807) is 19.1 Å². The highest BCUT2D eigenvalue weighted by atomic mass is 79.9. The quantitative estimate of drug-likeness (QED) is 0.828. The van der Waals surface area contributed by atoms with Gasteiger partial charge in [-0.25, -0.2) is 13.1 Å². The zero-order chi connectivity index (χ0) is 14.8. The van der Waals surface area contributed by atoms with Crippen LogP contribution in [0.1, 0.15) is 18.5 Å². The zero-order valence-corrected chi connectivity index (χ0v) is 13.3. The number of hydrogen-bond donors (Lipinski definition) is 2. The van der Waals surface area contributed by atoms with Crippen molar-refractivity contribution in [3.05, 3.63) is 58.6 Å². The fourth-order valence-corrected chi connectivity index (χ4v) is 3.78. The van der Waals surface area contributed by atoms with Gasteiger partial charge in [0.25, 0.3) is 0 Å². The minimum atomic E-state index is -3.60. The van der Waals surface area contributed by atoms with E-state index in [0.29, 0.717) is 5.69 Å². The first-order valence-corrected chi connectivity index (χ1v) is 8.30. The van der Waals surface area contributed by atoms with Crippen molar-refractivity contribution in [3.63, 3.8) is 0 Å². The fraction of sp³-hybridized carbons (Fsp3) is 0.143. The Bertz CT molecular complexity index is 717. The summed E-state index contributed by atoms with van der Waals surface area (Å²) in [4.78, 5) is 0.163. The van der Waals surface area contributed by atoms with Gasteiger partial charge in [0.2, 0.25) is 10.0 Å². The molecule has 0 saturated heterocycles. The van der Waals surface area contributed by atoms with Gasteiger partial charge in [0, 0.05) is 16.2 Å². The number of anilines is 1. The normalized spacial score (nSPS) is 13.1. The number of hydrogen-bond acceptors (Lipinski definition) is 3. The first-order chi connectivity index (χ1) is 9.40. The van der Waals surface area contributed by atoms with Gasteiger partial charge in [0.1, 0.15) is 0 Å². The summed E-state index contributed by atoms with van der Waals surface area (Å²) in [5.74, 6) is 0. The van der Waals surface area contributed by atoms with Gasteiger partial charge in [-0.2, -0.15) is 0 Å². The smallest absolute Gasteiger partial charge is 0.241 e. The summed E-state index contributed by atoms with van der Waals surface area (Å²) in [6, 6.07) is 13.4. The molecule has 0 saturated carbocycles. The fourth-order valence-electron chi connectivity index (χ4n) is 1.87. The zero-order valence-electron chi connectivity index (χ0n) is 10.9. The van der Waals surface area contributed by atoms with E-state index in [4.69, 9.17) is 5.73 Å². The molecule has 1 unspecified atom stereocenters. The highest BCUT2D eigenvalue weighted by Gasteiger charge is 2.19. The Morgan fingerprint density at radius 1 is 1.15 bits per heavy atom. The summed E-state index contributed by atoms with van der Waals surface area (Å²) >= 11 is 3.42. The van der Waals surface area contributed by atoms with Crippen LogP contribution in [0.4, 0.5) is 5.69 Å². The molecule has 4 nitrogen and oxygen atoms in total. The maximum absolute atomic E-state index is 12.3. The number of sulfonamides is 1. The number of halogens is 1. The molecule has 2 aromatic carbocycles. The molecular weight excluding hydrogens is 340 g/mol. The molecule has 0 amide bonds. The first-order valence-electron chi connectivity index (χ1n) is 6.02. The van der Waals surface area contributed by atoms with Crippen LogP contribution >= 0.6 is 15.9 Å². The summed E-state index contributed by atoms with van der Waals surface area (Å²) in [7, 11) is -3.60. The van der Waals surface area contributed by atoms with Crippen molar-refractivity contribution in [1.82, 2.24) is 4.72 Å². The van der Waals surface area contributed by atoms with Crippen molar-refractivity contribution in [2.45, 2.75) is 17.9 Å². The van der Waals surface area contributed by atoms with Crippen LogP contribution in [-0.4, -0.2) is 8.42 Å². The van der Waals surface area contributed by atoms with E-state index in [1.165, 1.54) is 12.1 Å². The van der Waals surface area contributed by atoms with E-state index in [0.717, 1.165) is 10.0 Å². The molecule has 0 aliphatic carbocycles. The van der Waals surface area contributed by atoms with Gasteiger partial charge in [-0.1, -0.05) is 40.2 Å². The Hall–Kier alpha value is -1.37. The Morgan fingerprint density at radius 3 is 2.50 bits per heavy atom. The number of benzene rings is 2. The minimum absolute atomic E-state index is 0.163. The lowest BCUT2D eigenvalue weighted by Gasteiger charge is -2.16. The molecule has 0 aromatic heterocycles. The third-order valence-corrected chi connectivity index (χ3v) is 5.13. The van der Waals surface area contributed by atoms with Crippen LogP contribution < -0.4 is 10.5 Å². The highest BCUT2D eigenvalue weighted by molar-refractivity contribution is 9.10. The lowest BCUT2D eigenvalue weighted by Crippen LogP contribution is -2.27. The Kier molecular flexibility index (Phi) is 4.47. The van der Waals surface area contributed by atoms with Crippen LogP contribution in [-0.2, 0) is 10.0 Å². The molecule has 2 aromatic rings. The second-order valence-electron chi connectivity index (χ2n) is 4.44. The highest BCUT2D eigenvalue weighted by Crippen LogP contribution is 2.24. The van der Waals surface area contributed by atoms with E-state index in [9.17, 15) is 8.42 Å². The number of nitrogens with one attached hydrogen (secondary N) is 1. The van der Waals surface area contributed by atoms with Crippen LogP contribution in [0.5, 0.6) is 0 Å². The topological polar surface area (TPSA) is 72.2 Å². The van der Waals surface area contributed by atoms with Gasteiger partial charge in [-0.15, -0.1) is 0 Å². The molecule has 106 valence electrons. The van der Waals surface area contributed by atoms with Crippen molar-refractivity contribution in [2.24, 2.45) is 0 Å². The Balaban J connectivity index is 2.27. The molecule has 0 radical (unpaired) electrons. The van der Waals surface area contributed by atoms with E-state index >= 15 is 0 Å². The van der Waals surface area contributed by atoms with Crippen LogP contribution in [0.2, 0.25) is 0 Å². The maximum Gasteiger partial charge on any atom is 0.241 e. The predicted octanol–water partition coefficient (Wildman–Crippen LogP) is 3.07. The Morgan fingerprint density at radius 2 is 1.85 bits per heavy atom. The van der Waals surface area contributed by atoms with Crippen LogP contribution in [0, 0.1) is 0 Å². The third-order valence-electron chi connectivity index (χ3n) is 2.87. The molecule has 3 N–H and O–H groups in total. The summed E-state index contributed by atoms with van der Waals surface area (Å²) in [6.45, 7) is 1.80. The molecule has 0 aliphatic rings. The lowest BCUT2D eigenvalue weighted by atomic mass is 10.1. The predicted molar refractivity (Wildman–Crippen MR) is 83.7 cm³/mol. The van der Waals surface area contributed by atoms with Gasteiger partial charge in [0.05, 0.1) is 4.90 Å². The first kappa shape index (κ1) is 15.0. The molecule has 0 spiro atoms. The number of rotatable bonds is 4. The standard InChI is InChI=1S/C14H15BrN2O2S/c1-10(13-7-2-3-8-14(13)15)17-20(18,19)12-6-4-5-11(16)9-12/h2-10,17H,16H2,1H3. The van der Waals surface area contributed by atoms with Crippen molar-refractivity contribution >= 4 is 31.6 Å². The van der Waals surface area contributed by atoms with Crippen molar-refractivity contribution in [3.8, 4) is 0 Å². The van der Waals surface area contributed by atoms with Crippen molar-refractivity contribution in [2.75, 3.05) is 5.73 Å². The third kappa shape index (κ3) is 3.39. The molecule has 6 heteroatoms. The van der Waals surface area contributed by atoms with Gasteiger partial charge >= 0.3 is 0 Å². The van der Waals surface area contributed by atoms with Crippen LogP contribution in [0.15, 0.2) is 57.9 Å². The SMILES string of the molecule is CC(NS(=O)(=O)c1cccc(N)c1)c1ccccc1Br. The molecule has 1 atom stereocenters. The minimum Gasteiger partial charge on any atom is -0.399 e. The van der Waals surface area contributed by atoms with E-state index in [1.807, 2.05) is 24.3 Å². The Labute approximate surface area is 127 Å². The van der Waals surface area contributed by atoms with Gasteiger partial charge in [-0.3, -0.25) is 0 Å². The van der Waals surface area contributed by atoms with E-state index in [-0.39, 0.29) is 10.9 Å². The average molecular weight is 355 g/mol. The van der Waals surface area contributed by atoms with Crippen LogP contribution in [0.3, 0.4) is 0 Å². The largest absolute Gasteiger partial charge is 0.399 e. The van der Waals surface area contributed by atoms with Gasteiger partial charge < -0.3 is 5.73 Å². The van der Waals surface area contributed by atoms with E-state index in [2.05, 4.69) is 20.7 Å². The van der Waals surface area contributed by atoms with Gasteiger partial charge in [0.15, 0.2) is 0 Å². The van der Waals surface area contributed by atoms with Crippen molar-refractivity contribution < 1.29 is 8.42 Å². The van der Waals surface area contributed by atoms with E-state index < -0.39 is 10.0 Å². The summed E-state index contributed by atoms with van der Waals surface area (Å²) in [5.41, 5.74) is 6.91. The van der Waals surface area contributed by atoms with Gasteiger partial charge in [-0.05, 0) is 36.8 Å². The average Bonchev–Trinajstić information content (AvgIpc) is 2.38. The molecule has 0 fully saturated rings. The molecule has 0 bridgehead atoms. The lowest BCUT2D eigenvalue weighted by molar-refractivity contribution is 0.566. The van der Waals surface area contributed by atoms with Crippen LogP contribution in [0.25, 0.3) is 0 Å². The summed E-state index contributed by atoms with van der Waals surface area (Å²) in [5, 5.41) is 0. The molecule has 0 aliphatic heterocycles. The summed E-state index contributed by atoms with van der Waals surface area (Å²) < 4.78 is 28.1. The monoisotopic (exact) mass is 354 g/mol. The summed E-state index contributed by atoms with van der Waals surface area (Å²) in [6.07, 6.45) is 0. The van der Waals surface area contributed by atoms with Crippen molar-refractivity contribution in [1.29, 1.82) is 0 Å². The molecule has 2 rings (SSSR count). The number of nitrogen functional groups attached to an aromatic ring is 1. The maximum atomic E-state index is 12.3. The molecule has 20 heavy (non-hydrogen) atoms. The molecule has 0 heterocycles. The second-order valence-corrected chi connectivity index (χ2v) is 7.01. The molecular formula is C14H15BrN2O2S. The number of nitrogens with two attached hydrogens (primary N) is 1.